The molecule has 0 saturated carbocycles. The second kappa shape index (κ2) is 24.1. The predicted octanol–water partition coefficient (Wildman–Crippen LogP) is 9.47. The number of ether oxygens (including phenoxy) is 7. The summed E-state index contributed by atoms with van der Waals surface area (Å²) in [6, 6.07) is 26.3. The van der Waals surface area contributed by atoms with E-state index in [9.17, 15) is 4.79 Å². The van der Waals surface area contributed by atoms with E-state index in [-0.39, 0.29) is 35.7 Å². The topological polar surface area (TPSA) is 87.9 Å². The average Bonchev–Trinajstić information content (AvgIpc) is 3.63. The van der Waals surface area contributed by atoms with E-state index in [1.165, 1.54) is 33.8 Å². The van der Waals surface area contributed by atoms with Crippen LogP contribution in [0, 0.1) is 5.92 Å². The molecule has 3 aliphatic rings. The Hall–Kier alpha value is -4.35. The van der Waals surface area contributed by atoms with Crippen molar-refractivity contribution in [3.05, 3.63) is 130 Å². The van der Waals surface area contributed by atoms with Crippen LogP contribution >= 0.6 is 11.6 Å². The number of rotatable bonds is 25. The fourth-order valence-corrected chi connectivity index (χ4v) is 8.84. The zero-order valence-corrected chi connectivity index (χ0v) is 38.6. The van der Waals surface area contributed by atoms with Crippen LogP contribution in [0.15, 0.2) is 119 Å². The molecule has 1 aliphatic carbocycles. The molecule has 3 aromatic rings. The van der Waals surface area contributed by atoms with Crippen LogP contribution in [0.4, 0.5) is 11.4 Å². The van der Waals surface area contributed by atoms with Gasteiger partial charge in [-0.3, -0.25) is 4.79 Å². The average molecular weight is 883 g/mol. The molecule has 0 N–H and O–H groups in total. The van der Waals surface area contributed by atoms with Gasteiger partial charge < -0.3 is 38.1 Å². The van der Waals surface area contributed by atoms with E-state index in [1.54, 1.807) is 19.2 Å². The van der Waals surface area contributed by atoms with Gasteiger partial charge in [0.15, 0.2) is 12.3 Å². The van der Waals surface area contributed by atoms with Crippen LogP contribution in [0.1, 0.15) is 64.5 Å². The smallest absolute Gasteiger partial charge is 0.313 e. The molecule has 10 nitrogen and oxygen atoms in total. The monoisotopic (exact) mass is 881 g/mol. The number of carbonyl (C=O) groups excluding carboxylic acids is 1. The van der Waals surface area contributed by atoms with E-state index in [0.717, 1.165) is 30.0 Å². The van der Waals surface area contributed by atoms with Gasteiger partial charge in [0.1, 0.15) is 12.4 Å². The molecule has 63 heavy (non-hydrogen) atoms. The van der Waals surface area contributed by atoms with Gasteiger partial charge in [-0.1, -0.05) is 72.3 Å². The summed E-state index contributed by atoms with van der Waals surface area (Å²) in [4.78, 5) is 14.5. The molecular weight excluding hydrogens is 816 g/mol. The Morgan fingerprint density at radius 1 is 0.746 bits per heavy atom. The molecule has 2 aliphatic heterocycles. The van der Waals surface area contributed by atoms with Crippen LogP contribution in [0.25, 0.3) is 0 Å². The number of hydrogen-bond donors (Lipinski definition) is 0. The third kappa shape index (κ3) is 12.9. The summed E-state index contributed by atoms with van der Waals surface area (Å²) in [5, 5.41) is 0.884. The molecular formula is C52H66ClN2O8+. The summed E-state index contributed by atoms with van der Waals surface area (Å²) in [6.45, 7) is 16.0. The first-order valence-corrected chi connectivity index (χ1v) is 22.8. The lowest BCUT2D eigenvalue weighted by Gasteiger charge is -2.26. The van der Waals surface area contributed by atoms with E-state index in [0.29, 0.717) is 84.9 Å². The number of allylic oxidation sites excluding steroid dienone is 5. The maximum absolute atomic E-state index is 12.1. The van der Waals surface area contributed by atoms with Gasteiger partial charge in [0, 0.05) is 53.4 Å². The first-order chi connectivity index (χ1) is 30.6. The van der Waals surface area contributed by atoms with Crippen molar-refractivity contribution in [1.29, 1.82) is 0 Å². The summed E-state index contributed by atoms with van der Waals surface area (Å²) >= 11 is 7.32. The Kier molecular flexibility index (Phi) is 18.4. The van der Waals surface area contributed by atoms with E-state index < -0.39 is 0 Å². The summed E-state index contributed by atoms with van der Waals surface area (Å²) in [6.07, 6.45) is 9.82. The van der Waals surface area contributed by atoms with Crippen molar-refractivity contribution in [1.82, 2.24) is 0 Å². The quantitative estimate of drug-likeness (QED) is 0.0272. The number of nitrogens with zero attached hydrogens (tertiary/aromatic N) is 2. The summed E-state index contributed by atoms with van der Waals surface area (Å²) in [5.41, 5.74) is 11.8. The van der Waals surface area contributed by atoms with Gasteiger partial charge in [-0.05, 0) is 82.4 Å². The maximum Gasteiger partial charge on any atom is 0.313 e. The second-order valence-corrected chi connectivity index (χ2v) is 17.3. The number of para-hydroxylation sites is 3. The molecule has 338 valence electrons. The molecule has 0 amide bonds. The molecule has 0 radical (unpaired) electrons. The zero-order valence-electron chi connectivity index (χ0n) is 37.9. The number of fused-ring (bicyclic) bond motifs is 2. The highest BCUT2D eigenvalue weighted by atomic mass is 35.5. The van der Waals surface area contributed by atoms with E-state index in [2.05, 4.69) is 110 Å². The minimum atomic E-state index is -0.317. The van der Waals surface area contributed by atoms with Gasteiger partial charge in [-0.15, -0.1) is 5.73 Å². The largest absolute Gasteiger partial charge is 0.426 e. The lowest BCUT2D eigenvalue weighted by Crippen LogP contribution is -2.29. The third-order valence-electron chi connectivity index (χ3n) is 11.9. The van der Waals surface area contributed by atoms with Gasteiger partial charge in [-0.25, -0.2) is 0 Å². The summed E-state index contributed by atoms with van der Waals surface area (Å²) in [5.74, 6) is 0.288. The van der Waals surface area contributed by atoms with Crippen LogP contribution in [0.2, 0.25) is 0 Å². The number of carbonyl (C=O) groups is 1. The lowest BCUT2D eigenvalue weighted by atomic mass is 9.81. The molecule has 0 saturated heterocycles. The van der Waals surface area contributed by atoms with Crippen molar-refractivity contribution in [3.63, 3.8) is 0 Å². The molecule has 1 unspecified atom stereocenters. The van der Waals surface area contributed by atoms with Crippen molar-refractivity contribution in [2.75, 3.05) is 97.8 Å². The van der Waals surface area contributed by atoms with Crippen molar-refractivity contribution in [3.8, 4) is 5.75 Å². The first kappa shape index (κ1) is 48.1. The molecule has 3 aromatic carbocycles. The van der Waals surface area contributed by atoms with Crippen LogP contribution in [0.3, 0.4) is 0 Å². The molecule has 11 heteroatoms. The number of halogens is 1. The molecule has 2 heterocycles. The van der Waals surface area contributed by atoms with Crippen LogP contribution in [-0.4, -0.2) is 109 Å². The first-order valence-electron chi connectivity index (χ1n) is 22.4. The van der Waals surface area contributed by atoms with Gasteiger partial charge in [0.2, 0.25) is 5.69 Å². The predicted molar refractivity (Wildman–Crippen MR) is 250 cm³/mol. The van der Waals surface area contributed by atoms with Gasteiger partial charge in [0.25, 0.3) is 0 Å². The fraction of sp³-hybridized carbons (Fsp3) is 0.481. The minimum Gasteiger partial charge on any atom is -0.426 e. The fourth-order valence-electron chi connectivity index (χ4n) is 8.51. The number of anilines is 1. The Balaban J connectivity index is 1.08. The van der Waals surface area contributed by atoms with Crippen molar-refractivity contribution in [2.45, 2.75) is 64.2 Å². The van der Waals surface area contributed by atoms with Crippen molar-refractivity contribution < 1.29 is 42.5 Å². The Labute approximate surface area is 379 Å². The third-order valence-corrected chi connectivity index (χ3v) is 12.4. The van der Waals surface area contributed by atoms with Gasteiger partial charge in [0.05, 0.1) is 83.6 Å². The molecule has 0 aromatic heterocycles. The number of methoxy groups -OCH3 is 1. The number of benzene rings is 3. The maximum atomic E-state index is 12.1. The normalized spacial score (nSPS) is 17.7. The minimum absolute atomic E-state index is 0.0702. The highest BCUT2D eigenvalue weighted by Crippen LogP contribution is 2.47. The van der Waals surface area contributed by atoms with Crippen LogP contribution in [-0.2, 0) is 44.0 Å². The number of hydrogen-bond acceptors (Lipinski definition) is 9. The number of esters is 1. The summed E-state index contributed by atoms with van der Waals surface area (Å²) in [7, 11) is 1.66. The Bertz CT molecular complexity index is 2120. The van der Waals surface area contributed by atoms with E-state index in [1.807, 2.05) is 18.2 Å². The molecule has 0 bridgehead atoms. The SMILES string of the molecule is COCCOCCOCCOCCN1C(=C=CC2CCCC(/C=C/C3=[N+](CCOCCOCCC(=O)Oc4ccccc4)c4ccccc4C3(C)C)=C2Cl)C(C)(C)c2ccccc21. The van der Waals surface area contributed by atoms with Crippen molar-refractivity contribution in [2.24, 2.45) is 5.92 Å². The lowest BCUT2D eigenvalue weighted by molar-refractivity contribution is -0.442. The summed E-state index contributed by atoms with van der Waals surface area (Å²) < 4.78 is 41.6. The highest BCUT2D eigenvalue weighted by Gasteiger charge is 2.44. The Morgan fingerprint density at radius 3 is 2.10 bits per heavy atom. The van der Waals surface area contributed by atoms with Crippen LogP contribution < -0.4 is 9.64 Å². The van der Waals surface area contributed by atoms with E-state index >= 15 is 0 Å². The zero-order chi connectivity index (χ0) is 44.5. The molecule has 0 fully saturated rings. The standard InChI is InChI=1S/C52H66ClN2O8/c1-51(2)43-18-9-11-20-45(43)54(27-30-59-35-34-58-29-26-49(56)63-42-16-7-6-8-17-42)47(51)24-22-40-14-13-15-41(50(40)53)23-25-48-52(3,4)44-19-10-12-21-46(44)55(48)28-31-60-36-37-62-39-38-61-33-32-57-5/h6-12,16-24,41H,13-15,26-39H2,1-5H3/q+1/b24-22+. The van der Waals surface area contributed by atoms with Crippen LogP contribution in [0.5, 0.6) is 5.75 Å². The van der Waals surface area contributed by atoms with Crippen molar-refractivity contribution >= 4 is 34.7 Å². The van der Waals surface area contributed by atoms with E-state index in [4.69, 9.17) is 44.8 Å². The molecule has 6 rings (SSSR count). The Morgan fingerprint density at radius 2 is 1.37 bits per heavy atom. The van der Waals surface area contributed by atoms with Gasteiger partial charge in [-0.2, -0.15) is 4.58 Å². The highest BCUT2D eigenvalue weighted by molar-refractivity contribution is 6.30. The molecule has 1 atom stereocenters. The van der Waals surface area contributed by atoms with Gasteiger partial charge >= 0.3 is 5.97 Å². The molecule has 0 spiro atoms. The second-order valence-electron chi connectivity index (χ2n) is 16.9.